The number of aromatic nitrogens is 1. The van der Waals surface area contributed by atoms with Crippen LogP contribution in [0.3, 0.4) is 0 Å². The first-order chi connectivity index (χ1) is 7.65. The highest BCUT2D eigenvalue weighted by molar-refractivity contribution is 5.10. The first kappa shape index (κ1) is 13.1. The maximum atomic E-state index is 12.7. The molecule has 0 aliphatic heterocycles. The highest BCUT2D eigenvalue weighted by Gasteiger charge is 2.15. The second kappa shape index (κ2) is 6.55. The fourth-order valence-electron chi connectivity index (χ4n) is 1.59. The topological polar surface area (TPSA) is 45.1 Å². The molecule has 0 radical (unpaired) electrons. The molecule has 16 heavy (non-hydrogen) atoms. The predicted octanol–water partition coefficient (Wildman–Crippen LogP) is 1.89. The van der Waals surface area contributed by atoms with E-state index in [0.29, 0.717) is 12.3 Å². The summed E-state index contributed by atoms with van der Waals surface area (Å²) in [6.45, 7) is 5.08. The Hall–Kier alpha value is -1.00. The van der Waals surface area contributed by atoms with Crippen molar-refractivity contribution in [1.29, 1.82) is 0 Å². The molecule has 1 heterocycles. The van der Waals surface area contributed by atoms with E-state index in [-0.39, 0.29) is 18.5 Å². The van der Waals surface area contributed by atoms with Crippen LogP contribution in [0.4, 0.5) is 4.39 Å². The van der Waals surface area contributed by atoms with Crippen LogP contribution in [0.25, 0.3) is 0 Å². The van der Waals surface area contributed by atoms with Gasteiger partial charge in [-0.1, -0.05) is 13.8 Å². The van der Waals surface area contributed by atoms with Gasteiger partial charge in [0.1, 0.15) is 5.82 Å². The average molecular weight is 226 g/mol. The van der Waals surface area contributed by atoms with E-state index in [9.17, 15) is 4.39 Å². The van der Waals surface area contributed by atoms with Crippen LogP contribution in [0.1, 0.15) is 32.0 Å². The maximum Gasteiger partial charge on any atom is 0.141 e. The average Bonchev–Trinajstić information content (AvgIpc) is 2.26. The molecule has 2 N–H and O–H groups in total. The quantitative estimate of drug-likeness (QED) is 0.728. The van der Waals surface area contributed by atoms with Gasteiger partial charge in [-0.15, -0.1) is 0 Å². The van der Waals surface area contributed by atoms with Crippen molar-refractivity contribution in [2.24, 2.45) is 5.92 Å². The number of rotatable bonds is 6. The van der Waals surface area contributed by atoms with Crippen LogP contribution in [0, 0.1) is 11.7 Å². The molecule has 0 saturated heterocycles. The highest BCUT2D eigenvalue weighted by Crippen LogP contribution is 2.19. The number of aliphatic hydroxyl groups excluding tert-OH is 1. The summed E-state index contributed by atoms with van der Waals surface area (Å²) < 4.78 is 12.7. The van der Waals surface area contributed by atoms with Gasteiger partial charge in [-0.25, -0.2) is 4.39 Å². The summed E-state index contributed by atoms with van der Waals surface area (Å²) in [6, 6.07) is 3.23. The number of aliphatic hydroxyl groups is 1. The molecule has 1 aromatic rings. The van der Waals surface area contributed by atoms with Gasteiger partial charge in [-0.2, -0.15) is 0 Å². The lowest BCUT2D eigenvalue weighted by Gasteiger charge is -2.21. The van der Waals surface area contributed by atoms with Crippen LogP contribution in [0.2, 0.25) is 0 Å². The summed E-state index contributed by atoms with van der Waals surface area (Å²) in [7, 11) is 0. The Morgan fingerprint density at radius 3 is 2.69 bits per heavy atom. The molecule has 0 aliphatic rings. The van der Waals surface area contributed by atoms with Gasteiger partial charge in [0, 0.05) is 6.61 Å². The fourth-order valence-corrected chi connectivity index (χ4v) is 1.59. The molecule has 1 atom stereocenters. The largest absolute Gasteiger partial charge is 0.396 e. The van der Waals surface area contributed by atoms with E-state index in [0.717, 1.165) is 12.2 Å². The van der Waals surface area contributed by atoms with Gasteiger partial charge in [0.15, 0.2) is 0 Å². The molecule has 4 heteroatoms. The van der Waals surface area contributed by atoms with Crippen molar-refractivity contribution in [1.82, 2.24) is 10.3 Å². The molecule has 3 nitrogen and oxygen atoms in total. The Morgan fingerprint density at radius 2 is 2.19 bits per heavy atom. The van der Waals surface area contributed by atoms with Gasteiger partial charge in [0.25, 0.3) is 0 Å². The molecule has 0 aromatic carbocycles. The normalized spacial score (nSPS) is 13.1. The molecule has 0 amide bonds. The van der Waals surface area contributed by atoms with E-state index in [4.69, 9.17) is 5.11 Å². The highest BCUT2D eigenvalue weighted by atomic mass is 19.1. The lowest BCUT2D eigenvalue weighted by molar-refractivity contribution is 0.278. The van der Waals surface area contributed by atoms with Crippen molar-refractivity contribution in [2.75, 3.05) is 13.2 Å². The molecule has 1 rings (SSSR count). The van der Waals surface area contributed by atoms with Crippen molar-refractivity contribution in [3.63, 3.8) is 0 Å². The van der Waals surface area contributed by atoms with Gasteiger partial charge >= 0.3 is 0 Å². The summed E-state index contributed by atoms with van der Waals surface area (Å²) in [5.41, 5.74) is 0.842. The van der Waals surface area contributed by atoms with Crippen molar-refractivity contribution >= 4 is 0 Å². The zero-order valence-electron chi connectivity index (χ0n) is 9.78. The second-order valence-corrected chi connectivity index (χ2v) is 4.15. The minimum Gasteiger partial charge on any atom is -0.396 e. The van der Waals surface area contributed by atoms with Crippen molar-refractivity contribution < 1.29 is 9.50 Å². The van der Waals surface area contributed by atoms with E-state index < -0.39 is 0 Å². The summed E-state index contributed by atoms with van der Waals surface area (Å²) in [5, 5.41) is 12.0. The fraction of sp³-hybridized carbons (Fsp3) is 0.583. The molecule has 1 aromatic heterocycles. The lowest BCUT2D eigenvalue weighted by Crippen LogP contribution is -2.28. The number of hydrogen-bond acceptors (Lipinski definition) is 3. The summed E-state index contributed by atoms with van der Waals surface area (Å²) in [5.74, 6) is 0.0540. The molecule has 0 bridgehead atoms. The Balaban J connectivity index is 2.65. The van der Waals surface area contributed by atoms with Gasteiger partial charge < -0.3 is 10.4 Å². The van der Waals surface area contributed by atoms with Crippen LogP contribution in [0.15, 0.2) is 18.3 Å². The number of halogens is 1. The number of nitrogens with one attached hydrogen (secondary N) is 1. The molecule has 0 fully saturated rings. The van der Waals surface area contributed by atoms with Gasteiger partial charge in [0.05, 0.1) is 17.9 Å². The zero-order chi connectivity index (χ0) is 12.0. The predicted molar refractivity (Wildman–Crippen MR) is 61.5 cm³/mol. The maximum absolute atomic E-state index is 12.7. The van der Waals surface area contributed by atoms with Gasteiger partial charge in [0.2, 0.25) is 0 Å². The van der Waals surface area contributed by atoms with Crippen LogP contribution in [-0.4, -0.2) is 23.2 Å². The smallest absolute Gasteiger partial charge is 0.141 e. The molecular weight excluding hydrogens is 207 g/mol. The van der Waals surface area contributed by atoms with E-state index in [1.54, 1.807) is 6.07 Å². The Kier molecular flexibility index (Phi) is 5.35. The Bertz CT molecular complexity index is 300. The van der Waals surface area contributed by atoms with Crippen molar-refractivity contribution in [3.8, 4) is 0 Å². The third kappa shape index (κ3) is 3.87. The van der Waals surface area contributed by atoms with Crippen molar-refractivity contribution in [2.45, 2.75) is 26.3 Å². The first-order valence-corrected chi connectivity index (χ1v) is 5.61. The number of pyridine rings is 1. The third-order valence-electron chi connectivity index (χ3n) is 2.43. The SMILES string of the molecule is CC(C)C(NCCCO)c1ccc(F)cn1. The van der Waals surface area contributed by atoms with E-state index in [2.05, 4.69) is 24.1 Å². The van der Waals surface area contributed by atoms with Crippen LogP contribution in [0.5, 0.6) is 0 Å². The van der Waals surface area contributed by atoms with E-state index in [1.807, 2.05) is 0 Å². The van der Waals surface area contributed by atoms with Crippen molar-refractivity contribution in [3.05, 3.63) is 29.8 Å². The van der Waals surface area contributed by atoms with Crippen LogP contribution < -0.4 is 5.32 Å². The summed E-state index contributed by atoms with van der Waals surface area (Å²) >= 11 is 0. The van der Waals surface area contributed by atoms with Gasteiger partial charge in [-0.3, -0.25) is 4.98 Å². The molecular formula is C12H19FN2O. The minimum absolute atomic E-state index is 0.104. The van der Waals surface area contributed by atoms with Crippen LogP contribution >= 0.6 is 0 Å². The standard InChI is InChI=1S/C12H19FN2O/c1-9(2)12(14-6-3-7-16)11-5-4-10(13)8-15-11/h4-5,8-9,12,14,16H,3,6-7H2,1-2H3. The van der Waals surface area contributed by atoms with Gasteiger partial charge in [-0.05, 0) is 31.0 Å². The molecule has 1 unspecified atom stereocenters. The monoisotopic (exact) mass is 226 g/mol. The minimum atomic E-state index is -0.318. The lowest BCUT2D eigenvalue weighted by atomic mass is 10.0. The summed E-state index contributed by atoms with van der Waals surface area (Å²) in [4.78, 5) is 4.08. The number of hydrogen-bond donors (Lipinski definition) is 2. The molecule has 90 valence electrons. The second-order valence-electron chi connectivity index (χ2n) is 4.15. The zero-order valence-corrected chi connectivity index (χ0v) is 9.78. The van der Waals surface area contributed by atoms with Crippen LogP contribution in [-0.2, 0) is 0 Å². The summed E-state index contributed by atoms with van der Waals surface area (Å²) in [6.07, 6.45) is 1.95. The molecule has 0 aliphatic carbocycles. The first-order valence-electron chi connectivity index (χ1n) is 5.61. The van der Waals surface area contributed by atoms with E-state index >= 15 is 0 Å². The number of nitrogens with zero attached hydrogens (tertiary/aromatic N) is 1. The molecule has 0 spiro atoms. The Morgan fingerprint density at radius 1 is 1.44 bits per heavy atom. The van der Waals surface area contributed by atoms with E-state index in [1.165, 1.54) is 12.3 Å². The third-order valence-corrected chi connectivity index (χ3v) is 2.43. The Labute approximate surface area is 95.7 Å². The molecule has 0 saturated carbocycles.